The van der Waals surface area contributed by atoms with E-state index in [-0.39, 0.29) is 25.6 Å². The average molecular weight is 356 g/mol. The van der Waals surface area contributed by atoms with Crippen LogP contribution in [0.25, 0.3) is 22.5 Å². The number of carbonyl (C=O) groups is 2. The molecule has 0 bridgehead atoms. The smallest absolute Gasteiger partial charge is 0.325 e. The van der Waals surface area contributed by atoms with Crippen LogP contribution >= 0.6 is 0 Å². The summed E-state index contributed by atoms with van der Waals surface area (Å²) in [6.07, 6.45) is 0.632. The van der Waals surface area contributed by atoms with E-state index in [0.29, 0.717) is 23.9 Å². The van der Waals surface area contributed by atoms with Gasteiger partial charge >= 0.3 is 5.97 Å². The number of amides is 1. The Morgan fingerprint density at radius 2 is 2.04 bits per heavy atom. The molecular formula is C18H20N4O4. The molecule has 0 spiro atoms. The van der Waals surface area contributed by atoms with Crippen molar-refractivity contribution in [1.82, 2.24) is 20.1 Å². The maximum Gasteiger partial charge on any atom is 0.325 e. The lowest BCUT2D eigenvalue weighted by Crippen LogP contribution is -2.33. The second kappa shape index (κ2) is 7.81. The minimum absolute atomic E-state index is 0.0199. The van der Waals surface area contributed by atoms with Crippen molar-refractivity contribution in [2.24, 2.45) is 0 Å². The van der Waals surface area contributed by atoms with Crippen LogP contribution in [-0.2, 0) is 27.3 Å². The number of rotatable bonds is 7. The van der Waals surface area contributed by atoms with Gasteiger partial charge in [-0.25, -0.2) is 0 Å². The molecule has 0 aliphatic rings. The van der Waals surface area contributed by atoms with Gasteiger partial charge < -0.3 is 19.0 Å². The van der Waals surface area contributed by atoms with Crippen LogP contribution in [-0.4, -0.2) is 39.8 Å². The van der Waals surface area contributed by atoms with Gasteiger partial charge in [0, 0.05) is 17.3 Å². The van der Waals surface area contributed by atoms with Gasteiger partial charge in [-0.05, 0) is 19.1 Å². The number of nitrogens with one attached hydrogen (secondary N) is 1. The summed E-state index contributed by atoms with van der Waals surface area (Å²) in [6, 6.07) is 9.57. The quantitative estimate of drug-likeness (QED) is 0.650. The molecular weight excluding hydrogens is 336 g/mol. The molecule has 0 fully saturated rings. The number of benzene rings is 1. The van der Waals surface area contributed by atoms with E-state index in [1.165, 1.54) is 0 Å². The van der Waals surface area contributed by atoms with Gasteiger partial charge in [-0.3, -0.25) is 9.59 Å². The summed E-state index contributed by atoms with van der Waals surface area (Å²) in [7, 11) is 0. The first kappa shape index (κ1) is 17.7. The molecule has 0 unspecified atom stereocenters. The first-order valence-corrected chi connectivity index (χ1v) is 8.45. The summed E-state index contributed by atoms with van der Waals surface area (Å²) in [5, 5.41) is 11.6. The molecule has 136 valence electrons. The summed E-state index contributed by atoms with van der Waals surface area (Å²) in [5.41, 5.74) is 1.52. The fourth-order valence-corrected chi connectivity index (χ4v) is 2.64. The van der Waals surface area contributed by atoms with E-state index in [1.807, 2.05) is 37.3 Å². The van der Waals surface area contributed by atoms with Gasteiger partial charge in [0.1, 0.15) is 18.8 Å². The third-order valence-corrected chi connectivity index (χ3v) is 3.84. The monoisotopic (exact) mass is 356 g/mol. The van der Waals surface area contributed by atoms with E-state index in [1.54, 1.807) is 11.5 Å². The molecule has 0 saturated carbocycles. The van der Waals surface area contributed by atoms with E-state index in [9.17, 15) is 9.59 Å². The number of esters is 1. The molecule has 3 rings (SSSR count). The van der Waals surface area contributed by atoms with E-state index in [0.717, 1.165) is 10.9 Å². The highest BCUT2D eigenvalue weighted by Crippen LogP contribution is 2.27. The van der Waals surface area contributed by atoms with Crippen molar-refractivity contribution < 1.29 is 18.7 Å². The van der Waals surface area contributed by atoms with Crippen molar-refractivity contribution in [3.8, 4) is 11.6 Å². The van der Waals surface area contributed by atoms with E-state index >= 15 is 0 Å². The molecule has 0 radical (unpaired) electrons. The van der Waals surface area contributed by atoms with Crippen molar-refractivity contribution >= 4 is 22.8 Å². The highest BCUT2D eigenvalue weighted by molar-refractivity contribution is 5.89. The van der Waals surface area contributed by atoms with Crippen molar-refractivity contribution in [3.05, 3.63) is 36.2 Å². The summed E-state index contributed by atoms with van der Waals surface area (Å²) in [6.45, 7) is 3.77. The molecule has 2 heterocycles. The second-order valence-corrected chi connectivity index (χ2v) is 5.61. The summed E-state index contributed by atoms with van der Waals surface area (Å²) in [4.78, 5) is 23.7. The third kappa shape index (κ3) is 3.74. The molecule has 0 aliphatic carbocycles. The van der Waals surface area contributed by atoms with Crippen LogP contribution in [0.2, 0.25) is 0 Å². The van der Waals surface area contributed by atoms with Crippen molar-refractivity contribution in [3.63, 3.8) is 0 Å². The zero-order chi connectivity index (χ0) is 18.5. The van der Waals surface area contributed by atoms with Crippen LogP contribution in [0.4, 0.5) is 0 Å². The van der Waals surface area contributed by atoms with Crippen LogP contribution < -0.4 is 5.32 Å². The van der Waals surface area contributed by atoms with Crippen molar-refractivity contribution in [2.75, 3.05) is 13.2 Å². The lowest BCUT2D eigenvalue weighted by Gasteiger charge is -2.09. The summed E-state index contributed by atoms with van der Waals surface area (Å²) < 4.78 is 12.3. The van der Waals surface area contributed by atoms with Crippen LogP contribution in [0.3, 0.4) is 0 Å². The number of carbonyl (C=O) groups excluding carboxylic acids is 2. The predicted octanol–water partition coefficient (Wildman–Crippen LogP) is 1.93. The van der Waals surface area contributed by atoms with Crippen molar-refractivity contribution in [2.45, 2.75) is 26.8 Å². The molecule has 2 aromatic heterocycles. The predicted molar refractivity (Wildman–Crippen MR) is 94.3 cm³/mol. The summed E-state index contributed by atoms with van der Waals surface area (Å²) in [5.74, 6) is 0.110. The van der Waals surface area contributed by atoms with Crippen LogP contribution in [0.15, 0.2) is 34.7 Å². The normalized spacial score (nSPS) is 10.8. The Morgan fingerprint density at radius 3 is 2.77 bits per heavy atom. The zero-order valence-corrected chi connectivity index (χ0v) is 14.7. The zero-order valence-electron chi connectivity index (χ0n) is 14.7. The Morgan fingerprint density at radius 1 is 1.23 bits per heavy atom. The highest BCUT2D eigenvalue weighted by atomic mass is 16.5. The molecule has 1 aromatic carbocycles. The van der Waals surface area contributed by atoms with Gasteiger partial charge in [-0.15, -0.1) is 10.2 Å². The molecule has 8 nitrogen and oxygen atoms in total. The fourth-order valence-electron chi connectivity index (χ4n) is 2.64. The molecule has 0 aliphatic heterocycles. The maximum atomic E-state index is 12.3. The number of aryl methyl sites for hydroxylation is 1. The van der Waals surface area contributed by atoms with Crippen molar-refractivity contribution in [1.29, 1.82) is 0 Å². The van der Waals surface area contributed by atoms with Gasteiger partial charge in [0.05, 0.1) is 6.61 Å². The number of aromatic nitrogens is 3. The Balaban J connectivity index is 1.87. The SMILES string of the molecule is CCOC(=O)CNC(=O)Cn1c(-c2nnc(CC)o2)cc2ccccc21. The number of fused-ring (bicyclic) bond motifs is 1. The first-order valence-electron chi connectivity index (χ1n) is 8.45. The standard InChI is InChI=1S/C18H20N4O4/c1-3-16-20-21-18(26-16)14-9-12-7-5-6-8-13(12)22(14)11-15(23)19-10-17(24)25-4-2/h5-9H,3-4,10-11H2,1-2H3,(H,19,23). The Bertz CT molecular complexity index is 928. The molecule has 26 heavy (non-hydrogen) atoms. The number of hydrogen-bond donors (Lipinski definition) is 1. The molecule has 8 heteroatoms. The van der Waals surface area contributed by atoms with Gasteiger partial charge in [-0.1, -0.05) is 25.1 Å². The van der Waals surface area contributed by atoms with Gasteiger partial charge in [-0.2, -0.15) is 0 Å². The lowest BCUT2D eigenvalue weighted by atomic mass is 10.2. The van der Waals surface area contributed by atoms with Crippen LogP contribution in [0.5, 0.6) is 0 Å². The first-order chi connectivity index (χ1) is 12.6. The molecule has 0 atom stereocenters. The number of ether oxygens (including phenoxy) is 1. The van der Waals surface area contributed by atoms with E-state index in [4.69, 9.17) is 9.15 Å². The van der Waals surface area contributed by atoms with E-state index < -0.39 is 5.97 Å². The fraction of sp³-hybridized carbons (Fsp3) is 0.333. The maximum absolute atomic E-state index is 12.3. The lowest BCUT2D eigenvalue weighted by molar-refractivity contribution is -0.143. The minimum atomic E-state index is -0.470. The largest absolute Gasteiger partial charge is 0.465 e. The Labute approximate surface area is 150 Å². The Kier molecular flexibility index (Phi) is 5.31. The molecule has 1 N–H and O–H groups in total. The van der Waals surface area contributed by atoms with Gasteiger partial charge in [0.15, 0.2) is 0 Å². The topological polar surface area (TPSA) is 99.2 Å². The molecule has 3 aromatic rings. The highest BCUT2D eigenvalue weighted by Gasteiger charge is 2.18. The van der Waals surface area contributed by atoms with Gasteiger partial charge in [0.25, 0.3) is 5.89 Å². The number of nitrogens with zero attached hydrogens (tertiary/aromatic N) is 3. The van der Waals surface area contributed by atoms with Crippen LogP contribution in [0.1, 0.15) is 19.7 Å². The Hall–Kier alpha value is -3.16. The number of hydrogen-bond acceptors (Lipinski definition) is 6. The van der Waals surface area contributed by atoms with E-state index in [2.05, 4.69) is 15.5 Å². The molecule has 0 saturated heterocycles. The summed E-state index contributed by atoms with van der Waals surface area (Å²) >= 11 is 0. The third-order valence-electron chi connectivity index (χ3n) is 3.84. The molecule has 1 amide bonds. The van der Waals surface area contributed by atoms with Crippen LogP contribution in [0, 0.1) is 0 Å². The second-order valence-electron chi connectivity index (χ2n) is 5.61. The average Bonchev–Trinajstić information content (AvgIpc) is 3.25. The number of para-hydroxylation sites is 1. The van der Waals surface area contributed by atoms with Gasteiger partial charge in [0.2, 0.25) is 11.8 Å². The minimum Gasteiger partial charge on any atom is -0.465 e.